The molecule has 2 atom stereocenters. The number of rotatable bonds is 5. The van der Waals surface area contributed by atoms with Gasteiger partial charge in [-0.25, -0.2) is 0 Å². The van der Waals surface area contributed by atoms with Crippen LogP contribution in [0.25, 0.3) is 0 Å². The predicted molar refractivity (Wildman–Crippen MR) is 78.1 cm³/mol. The van der Waals surface area contributed by atoms with Crippen LogP contribution in [-0.4, -0.2) is 50.1 Å². The average Bonchev–Trinajstić information content (AvgIpc) is 2.40. The molecule has 1 aliphatic carbocycles. The fourth-order valence-corrected chi connectivity index (χ4v) is 3.37. The van der Waals surface area contributed by atoms with Crippen molar-refractivity contribution >= 4 is 5.91 Å². The smallest absolute Gasteiger partial charge is 0.234 e. The lowest BCUT2D eigenvalue weighted by molar-refractivity contribution is -0.122. The Morgan fingerprint density at radius 3 is 2.84 bits per heavy atom. The second kappa shape index (κ2) is 7.85. The third-order valence-corrected chi connectivity index (χ3v) is 4.50. The second-order valence-electron chi connectivity index (χ2n) is 6.30. The molecule has 1 saturated carbocycles. The van der Waals surface area contributed by atoms with Crippen LogP contribution in [0.3, 0.4) is 0 Å². The quantitative estimate of drug-likeness (QED) is 0.787. The molecule has 4 heteroatoms. The molecule has 1 aliphatic heterocycles. The minimum Gasteiger partial charge on any atom is -0.355 e. The van der Waals surface area contributed by atoms with E-state index in [0.717, 1.165) is 51.0 Å². The first kappa shape index (κ1) is 14.8. The number of hydrogen-bond donors (Lipinski definition) is 2. The largest absolute Gasteiger partial charge is 0.355 e. The van der Waals surface area contributed by atoms with E-state index in [4.69, 9.17) is 0 Å². The molecule has 1 amide bonds. The van der Waals surface area contributed by atoms with Gasteiger partial charge in [0.05, 0.1) is 6.54 Å². The molecule has 0 spiro atoms. The lowest BCUT2D eigenvalue weighted by Crippen LogP contribution is -2.47. The summed E-state index contributed by atoms with van der Waals surface area (Å²) in [7, 11) is 0. The Morgan fingerprint density at radius 1 is 1.32 bits per heavy atom. The van der Waals surface area contributed by atoms with Crippen molar-refractivity contribution in [3.8, 4) is 0 Å². The van der Waals surface area contributed by atoms with Crippen LogP contribution in [0, 0.1) is 11.8 Å². The Kier molecular flexibility index (Phi) is 6.11. The number of piperazine rings is 1. The highest BCUT2D eigenvalue weighted by molar-refractivity contribution is 5.77. The van der Waals surface area contributed by atoms with Crippen molar-refractivity contribution in [1.29, 1.82) is 0 Å². The predicted octanol–water partition coefficient (Wildman–Crippen LogP) is 1.22. The average molecular weight is 267 g/mol. The molecule has 0 aromatic carbocycles. The monoisotopic (exact) mass is 267 g/mol. The lowest BCUT2D eigenvalue weighted by atomic mass is 9.81. The van der Waals surface area contributed by atoms with E-state index in [9.17, 15) is 4.79 Å². The maximum atomic E-state index is 11.8. The Balaban J connectivity index is 1.55. The molecule has 2 N–H and O–H groups in total. The van der Waals surface area contributed by atoms with Crippen LogP contribution in [0.15, 0.2) is 0 Å². The second-order valence-corrected chi connectivity index (χ2v) is 6.30. The molecule has 110 valence electrons. The maximum absolute atomic E-state index is 11.8. The van der Waals surface area contributed by atoms with Crippen molar-refractivity contribution in [2.24, 2.45) is 11.8 Å². The fourth-order valence-electron chi connectivity index (χ4n) is 3.37. The molecule has 2 rings (SSSR count). The lowest BCUT2D eigenvalue weighted by Gasteiger charge is -2.28. The van der Waals surface area contributed by atoms with Gasteiger partial charge in [0, 0.05) is 32.7 Å². The number of carbonyl (C=O) groups excluding carboxylic acids is 1. The summed E-state index contributed by atoms with van der Waals surface area (Å²) in [6.45, 7) is 7.79. The Labute approximate surface area is 117 Å². The van der Waals surface area contributed by atoms with Gasteiger partial charge in [-0.15, -0.1) is 0 Å². The van der Waals surface area contributed by atoms with Crippen LogP contribution in [0.5, 0.6) is 0 Å². The third-order valence-electron chi connectivity index (χ3n) is 4.50. The molecule has 0 aromatic heterocycles. The summed E-state index contributed by atoms with van der Waals surface area (Å²) in [4.78, 5) is 14.1. The van der Waals surface area contributed by atoms with E-state index in [0.29, 0.717) is 6.54 Å². The summed E-state index contributed by atoms with van der Waals surface area (Å²) >= 11 is 0. The van der Waals surface area contributed by atoms with E-state index in [1.807, 2.05) is 0 Å². The van der Waals surface area contributed by atoms with Crippen molar-refractivity contribution in [1.82, 2.24) is 15.5 Å². The van der Waals surface area contributed by atoms with Crippen LogP contribution in [-0.2, 0) is 4.79 Å². The van der Waals surface area contributed by atoms with Crippen molar-refractivity contribution in [2.45, 2.75) is 39.0 Å². The molecule has 2 aliphatic rings. The molecular weight excluding hydrogens is 238 g/mol. The maximum Gasteiger partial charge on any atom is 0.234 e. The molecular formula is C15H29N3O. The fraction of sp³-hybridized carbons (Fsp3) is 0.933. The summed E-state index contributed by atoms with van der Waals surface area (Å²) < 4.78 is 0. The molecule has 1 heterocycles. The van der Waals surface area contributed by atoms with Crippen molar-refractivity contribution in [3.05, 3.63) is 0 Å². The molecule has 1 saturated heterocycles. The van der Waals surface area contributed by atoms with Crippen molar-refractivity contribution in [2.75, 3.05) is 39.3 Å². The molecule has 2 unspecified atom stereocenters. The molecule has 0 radical (unpaired) electrons. The number of nitrogens with one attached hydrogen (secondary N) is 2. The first-order valence-electron chi connectivity index (χ1n) is 7.94. The third kappa shape index (κ3) is 5.49. The summed E-state index contributed by atoms with van der Waals surface area (Å²) in [6.07, 6.45) is 6.65. The van der Waals surface area contributed by atoms with Gasteiger partial charge in [0.15, 0.2) is 0 Å². The molecule has 0 aromatic rings. The topological polar surface area (TPSA) is 44.4 Å². The first-order valence-corrected chi connectivity index (χ1v) is 7.94. The molecule has 2 fully saturated rings. The number of amides is 1. The highest BCUT2D eigenvalue weighted by Gasteiger charge is 2.19. The summed E-state index contributed by atoms with van der Waals surface area (Å²) in [5.74, 6) is 1.92. The van der Waals surface area contributed by atoms with Crippen LogP contribution >= 0.6 is 0 Å². The first-order chi connectivity index (χ1) is 9.24. The molecule has 19 heavy (non-hydrogen) atoms. The van der Waals surface area contributed by atoms with E-state index >= 15 is 0 Å². The highest BCUT2D eigenvalue weighted by atomic mass is 16.2. The summed E-state index contributed by atoms with van der Waals surface area (Å²) in [5, 5.41) is 6.40. The minimum atomic E-state index is 0.200. The van der Waals surface area contributed by atoms with E-state index in [2.05, 4.69) is 22.5 Å². The number of nitrogens with zero attached hydrogens (tertiary/aromatic N) is 1. The van der Waals surface area contributed by atoms with Crippen LogP contribution in [0.1, 0.15) is 39.0 Å². The van der Waals surface area contributed by atoms with Gasteiger partial charge in [0.25, 0.3) is 0 Å². The van der Waals surface area contributed by atoms with Gasteiger partial charge in [-0.05, 0) is 24.7 Å². The van der Waals surface area contributed by atoms with Gasteiger partial charge >= 0.3 is 0 Å². The molecule has 0 bridgehead atoms. The standard InChI is InChI=1S/C15H29N3O/c1-13-3-2-4-14(11-13)5-6-17-15(19)12-18-9-7-16-8-10-18/h13-14,16H,2-12H2,1H3,(H,17,19). The van der Waals surface area contributed by atoms with E-state index in [1.54, 1.807) is 0 Å². The Bertz CT molecular complexity index is 277. The van der Waals surface area contributed by atoms with Gasteiger partial charge < -0.3 is 10.6 Å². The molecule has 4 nitrogen and oxygen atoms in total. The Morgan fingerprint density at radius 2 is 2.11 bits per heavy atom. The van der Waals surface area contributed by atoms with Gasteiger partial charge in [0.1, 0.15) is 0 Å². The Hall–Kier alpha value is -0.610. The van der Waals surface area contributed by atoms with E-state index in [-0.39, 0.29) is 5.91 Å². The van der Waals surface area contributed by atoms with Gasteiger partial charge in [0.2, 0.25) is 5.91 Å². The summed E-state index contributed by atoms with van der Waals surface area (Å²) in [5.41, 5.74) is 0. The van der Waals surface area contributed by atoms with E-state index < -0.39 is 0 Å². The van der Waals surface area contributed by atoms with Crippen molar-refractivity contribution < 1.29 is 4.79 Å². The zero-order valence-electron chi connectivity index (χ0n) is 12.3. The van der Waals surface area contributed by atoms with Gasteiger partial charge in [-0.1, -0.05) is 26.2 Å². The van der Waals surface area contributed by atoms with Gasteiger partial charge in [-0.3, -0.25) is 9.69 Å². The van der Waals surface area contributed by atoms with Crippen LogP contribution in [0.4, 0.5) is 0 Å². The van der Waals surface area contributed by atoms with Crippen molar-refractivity contribution in [3.63, 3.8) is 0 Å². The zero-order chi connectivity index (χ0) is 13.5. The summed E-state index contributed by atoms with van der Waals surface area (Å²) in [6, 6.07) is 0. The minimum absolute atomic E-state index is 0.200. The number of hydrogen-bond acceptors (Lipinski definition) is 3. The van der Waals surface area contributed by atoms with Crippen LogP contribution in [0.2, 0.25) is 0 Å². The van der Waals surface area contributed by atoms with Gasteiger partial charge in [-0.2, -0.15) is 0 Å². The zero-order valence-corrected chi connectivity index (χ0v) is 12.3. The SMILES string of the molecule is CC1CCCC(CCNC(=O)CN2CCNCC2)C1. The van der Waals surface area contributed by atoms with Crippen LogP contribution < -0.4 is 10.6 Å². The number of carbonyl (C=O) groups is 1. The normalized spacial score (nSPS) is 29.1. The highest BCUT2D eigenvalue weighted by Crippen LogP contribution is 2.30. The van der Waals surface area contributed by atoms with E-state index in [1.165, 1.54) is 25.7 Å².